The van der Waals surface area contributed by atoms with E-state index >= 15 is 0 Å². The van der Waals surface area contributed by atoms with Crippen molar-refractivity contribution in [3.8, 4) is 11.5 Å². The highest BCUT2D eigenvalue weighted by Crippen LogP contribution is 2.34. The number of imide groups is 1. The molecule has 0 aromatic heterocycles. The minimum atomic E-state index is -0.477. The lowest BCUT2D eigenvalue weighted by Gasteiger charge is -2.18. The highest BCUT2D eigenvalue weighted by molar-refractivity contribution is 8.18. The molecule has 0 radical (unpaired) electrons. The van der Waals surface area contributed by atoms with E-state index in [9.17, 15) is 19.5 Å². The number of nitrogens with zero attached hydrogens (tertiary/aromatic N) is 2. The first-order valence-electron chi connectivity index (χ1n) is 7.90. The van der Waals surface area contributed by atoms with Gasteiger partial charge in [-0.25, -0.2) is 0 Å². The van der Waals surface area contributed by atoms with Crippen LogP contribution in [0.2, 0.25) is 0 Å². The predicted octanol–water partition coefficient (Wildman–Crippen LogP) is 2.06. The number of hydrogen-bond donors (Lipinski definition) is 1. The molecule has 3 rings (SSSR count). The van der Waals surface area contributed by atoms with Gasteiger partial charge in [0.05, 0.1) is 12.0 Å². The molecule has 1 N–H and O–H groups in total. The summed E-state index contributed by atoms with van der Waals surface area (Å²) in [6.07, 6.45) is 3.46. The van der Waals surface area contributed by atoms with Crippen LogP contribution >= 0.6 is 11.8 Å². The number of likely N-dealkylation sites (tertiary alicyclic amines) is 1. The molecule has 0 aliphatic carbocycles. The number of phenols is 1. The average molecular weight is 362 g/mol. The molecule has 8 heteroatoms. The number of rotatable bonds is 4. The molecule has 2 aliphatic heterocycles. The summed E-state index contributed by atoms with van der Waals surface area (Å²) in [5, 5.41) is 9.16. The van der Waals surface area contributed by atoms with Gasteiger partial charge in [0.15, 0.2) is 11.5 Å². The SMILES string of the molecule is COc1cc(/C=C2\SC(=O)N(CC(=O)N3CCCC3)C2=O)ccc1O. The second-order valence-corrected chi connectivity index (χ2v) is 6.78. The van der Waals surface area contributed by atoms with Gasteiger partial charge in [-0.05, 0) is 48.4 Å². The summed E-state index contributed by atoms with van der Waals surface area (Å²) in [5.41, 5.74) is 0.617. The smallest absolute Gasteiger partial charge is 0.294 e. The second-order valence-electron chi connectivity index (χ2n) is 5.79. The zero-order valence-electron chi connectivity index (χ0n) is 13.7. The molecule has 3 amide bonds. The summed E-state index contributed by atoms with van der Waals surface area (Å²) in [6, 6.07) is 4.63. The van der Waals surface area contributed by atoms with Crippen molar-refractivity contribution in [2.75, 3.05) is 26.7 Å². The molecule has 0 unspecified atom stereocenters. The number of phenolic OH excluding ortho intramolecular Hbond substituents is 1. The van der Waals surface area contributed by atoms with E-state index in [-0.39, 0.29) is 28.9 Å². The second kappa shape index (κ2) is 7.18. The minimum absolute atomic E-state index is 0.0102. The van der Waals surface area contributed by atoms with Crippen molar-refractivity contribution in [3.63, 3.8) is 0 Å². The number of aromatic hydroxyl groups is 1. The average Bonchev–Trinajstić information content (AvgIpc) is 3.21. The van der Waals surface area contributed by atoms with E-state index in [1.807, 2.05) is 0 Å². The Labute approximate surface area is 149 Å². The minimum Gasteiger partial charge on any atom is -0.504 e. The standard InChI is InChI=1S/C17H18N2O5S/c1-24-13-8-11(4-5-12(13)20)9-14-16(22)19(17(23)25-14)10-15(21)18-6-2-3-7-18/h4-5,8-9,20H,2-3,6-7,10H2,1H3/b14-9-. The van der Waals surface area contributed by atoms with Crippen LogP contribution in [0.3, 0.4) is 0 Å². The normalized spacial score (nSPS) is 19.2. The molecule has 2 heterocycles. The molecule has 0 atom stereocenters. The van der Waals surface area contributed by atoms with Gasteiger partial charge in [0.25, 0.3) is 11.1 Å². The van der Waals surface area contributed by atoms with E-state index in [0.717, 1.165) is 29.5 Å². The molecular formula is C17H18N2O5S. The summed E-state index contributed by atoms with van der Waals surface area (Å²) in [4.78, 5) is 39.6. The molecule has 25 heavy (non-hydrogen) atoms. The van der Waals surface area contributed by atoms with Crippen molar-refractivity contribution >= 4 is 34.9 Å². The van der Waals surface area contributed by atoms with E-state index in [1.54, 1.807) is 23.1 Å². The number of hydrogen-bond acceptors (Lipinski definition) is 6. The monoisotopic (exact) mass is 362 g/mol. The summed E-state index contributed by atoms with van der Waals surface area (Å²) in [5.74, 6) is -0.414. The number of ether oxygens (including phenoxy) is 1. The Kier molecular flexibility index (Phi) is 4.98. The van der Waals surface area contributed by atoms with Gasteiger partial charge in [-0.3, -0.25) is 19.3 Å². The maximum Gasteiger partial charge on any atom is 0.294 e. The lowest BCUT2D eigenvalue weighted by molar-refractivity contribution is -0.135. The summed E-state index contributed by atoms with van der Waals surface area (Å²) in [6.45, 7) is 1.14. The van der Waals surface area contributed by atoms with Crippen LogP contribution in [-0.2, 0) is 9.59 Å². The van der Waals surface area contributed by atoms with Crippen molar-refractivity contribution in [2.45, 2.75) is 12.8 Å². The fourth-order valence-corrected chi connectivity index (χ4v) is 3.61. The molecular weight excluding hydrogens is 344 g/mol. The molecule has 2 fully saturated rings. The molecule has 2 saturated heterocycles. The van der Waals surface area contributed by atoms with Crippen molar-refractivity contribution in [1.29, 1.82) is 0 Å². The fraction of sp³-hybridized carbons (Fsp3) is 0.353. The lowest BCUT2D eigenvalue weighted by Crippen LogP contribution is -2.40. The Bertz CT molecular complexity index is 755. The van der Waals surface area contributed by atoms with Gasteiger partial charge in [0.1, 0.15) is 6.54 Å². The highest BCUT2D eigenvalue weighted by Gasteiger charge is 2.37. The molecule has 0 saturated carbocycles. The van der Waals surface area contributed by atoms with Crippen LogP contribution in [0, 0.1) is 0 Å². The third kappa shape index (κ3) is 3.63. The third-order valence-corrected chi connectivity index (χ3v) is 5.03. The lowest BCUT2D eigenvalue weighted by atomic mass is 10.2. The van der Waals surface area contributed by atoms with E-state index in [0.29, 0.717) is 18.7 Å². The van der Waals surface area contributed by atoms with E-state index in [2.05, 4.69) is 0 Å². The summed E-state index contributed by atoms with van der Waals surface area (Å²) in [7, 11) is 1.43. The van der Waals surface area contributed by atoms with Crippen molar-refractivity contribution < 1.29 is 24.2 Å². The summed E-state index contributed by atoms with van der Waals surface area (Å²) < 4.78 is 5.03. The quantitative estimate of drug-likeness (QED) is 0.825. The van der Waals surface area contributed by atoms with Crippen LogP contribution in [0.15, 0.2) is 23.1 Å². The van der Waals surface area contributed by atoms with Gasteiger partial charge in [0.2, 0.25) is 5.91 Å². The van der Waals surface area contributed by atoms with Gasteiger partial charge in [-0.15, -0.1) is 0 Å². The Balaban J connectivity index is 1.75. The number of methoxy groups -OCH3 is 1. The first-order chi connectivity index (χ1) is 12.0. The molecule has 1 aromatic carbocycles. The molecule has 2 aliphatic rings. The van der Waals surface area contributed by atoms with Crippen molar-refractivity contribution in [2.24, 2.45) is 0 Å². The maximum atomic E-state index is 12.5. The van der Waals surface area contributed by atoms with Gasteiger partial charge in [-0.2, -0.15) is 0 Å². The number of amides is 3. The number of thioether (sulfide) groups is 1. The molecule has 1 aromatic rings. The zero-order chi connectivity index (χ0) is 18.0. The van der Waals surface area contributed by atoms with Gasteiger partial charge < -0.3 is 14.7 Å². The van der Waals surface area contributed by atoms with Gasteiger partial charge in [-0.1, -0.05) is 6.07 Å². The molecule has 132 valence electrons. The predicted molar refractivity (Wildman–Crippen MR) is 93.1 cm³/mol. The number of carbonyl (C=O) groups is 3. The number of carbonyl (C=O) groups excluding carboxylic acids is 3. The van der Waals surface area contributed by atoms with E-state index < -0.39 is 11.1 Å². The van der Waals surface area contributed by atoms with Crippen LogP contribution in [0.25, 0.3) is 6.08 Å². The largest absolute Gasteiger partial charge is 0.504 e. The number of benzene rings is 1. The fourth-order valence-electron chi connectivity index (χ4n) is 2.77. The Morgan fingerprint density at radius 2 is 2.04 bits per heavy atom. The maximum absolute atomic E-state index is 12.5. The third-order valence-electron chi connectivity index (χ3n) is 4.13. The molecule has 7 nitrogen and oxygen atoms in total. The zero-order valence-corrected chi connectivity index (χ0v) is 14.5. The highest BCUT2D eigenvalue weighted by atomic mass is 32.2. The van der Waals surface area contributed by atoms with Crippen LogP contribution in [0.5, 0.6) is 11.5 Å². The van der Waals surface area contributed by atoms with E-state index in [1.165, 1.54) is 13.2 Å². The molecule has 0 spiro atoms. The Morgan fingerprint density at radius 1 is 1.32 bits per heavy atom. The van der Waals surface area contributed by atoms with Crippen LogP contribution in [-0.4, -0.2) is 58.7 Å². The van der Waals surface area contributed by atoms with Crippen LogP contribution in [0.1, 0.15) is 18.4 Å². The Morgan fingerprint density at radius 3 is 2.72 bits per heavy atom. The van der Waals surface area contributed by atoms with Crippen LogP contribution < -0.4 is 4.74 Å². The van der Waals surface area contributed by atoms with Crippen molar-refractivity contribution in [1.82, 2.24) is 9.80 Å². The first-order valence-corrected chi connectivity index (χ1v) is 8.71. The summed E-state index contributed by atoms with van der Waals surface area (Å²) >= 11 is 0.803. The first kappa shape index (κ1) is 17.3. The van der Waals surface area contributed by atoms with E-state index in [4.69, 9.17) is 4.74 Å². The van der Waals surface area contributed by atoms with Gasteiger partial charge >= 0.3 is 0 Å². The topological polar surface area (TPSA) is 87.2 Å². The Hall–Kier alpha value is -2.48. The van der Waals surface area contributed by atoms with Gasteiger partial charge in [0, 0.05) is 13.1 Å². The van der Waals surface area contributed by atoms with Crippen molar-refractivity contribution in [3.05, 3.63) is 28.7 Å². The molecule has 0 bridgehead atoms. The van der Waals surface area contributed by atoms with Crippen LogP contribution in [0.4, 0.5) is 4.79 Å².